The van der Waals surface area contributed by atoms with E-state index in [1.165, 1.54) is 49.9 Å². The van der Waals surface area contributed by atoms with Crippen molar-refractivity contribution in [1.29, 1.82) is 0 Å². The summed E-state index contributed by atoms with van der Waals surface area (Å²) in [7, 11) is 0. The lowest BCUT2D eigenvalue weighted by Gasteiger charge is -2.27. The number of hydrogen-bond donors (Lipinski definition) is 0. The van der Waals surface area contributed by atoms with E-state index in [4.69, 9.17) is 33.4 Å². The second-order valence-corrected chi connectivity index (χ2v) is 23.0. The standard InChI is InChI=1S/C63H73NO12S/c1-3-5-9-40-13-17-42(18-14-40)58(65)71-48-29-33-50(34-30-48)73-60(67)44-21-23-46(24-22-44)62(69)75-52-37-38-55(53(39-52)57-64-54-11-7-8-12-56(54)77-57)76-63(70)47-27-25-45(26-28-47)61(68)74-51-35-31-49(32-36-51)72-59(66)43-19-15-41(16-20-43)10-6-4-2/h7-8,11-12,29-47H,3-6,9-10,13-28H2,1-2H3. The maximum Gasteiger partial charge on any atom is 0.314 e. The van der Waals surface area contributed by atoms with Crippen LogP contribution in [0.5, 0.6) is 34.5 Å². The molecule has 0 radical (unpaired) electrons. The van der Waals surface area contributed by atoms with Crippen LogP contribution in [0.4, 0.5) is 0 Å². The van der Waals surface area contributed by atoms with Gasteiger partial charge in [0.2, 0.25) is 0 Å². The molecule has 77 heavy (non-hydrogen) atoms. The summed E-state index contributed by atoms with van der Waals surface area (Å²) in [5.41, 5.74) is 1.28. The summed E-state index contributed by atoms with van der Waals surface area (Å²) >= 11 is 1.43. The number of nitrogens with zero attached hydrogens (tertiary/aromatic N) is 1. The third-order valence-corrected chi connectivity index (χ3v) is 17.6. The van der Waals surface area contributed by atoms with Gasteiger partial charge in [0.1, 0.15) is 39.5 Å². The number of para-hydroxylation sites is 1. The molecule has 0 atom stereocenters. The Hall–Kier alpha value is -6.41. The zero-order valence-electron chi connectivity index (χ0n) is 44.6. The van der Waals surface area contributed by atoms with E-state index < -0.39 is 29.7 Å². The lowest BCUT2D eigenvalue weighted by atomic mass is 9.80. The molecule has 0 amide bonds. The Morgan fingerprint density at radius 3 is 1.10 bits per heavy atom. The smallest absolute Gasteiger partial charge is 0.314 e. The monoisotopic (exact) mass is 1070 g/mol. The fraction of sp³-hybridized carbons (Fsp3) is 0.508. The van der Waals surface area contributed by atoms with Gasteiger partial charge in [0.25, 0.3) is 0 Å². The summed E-state index contributed by atoms with van der Waals surface area (Å²) < 4.78 is 35.8. The molecule has 408 valence electrons. The number of fused-ring (bicyclic) bond motifs is 1. The van der Waals surface area contributed by atoms with Gasteiger partial charge < -0.3 is 28.4 Å². The average molecular weight is 1070 g/mol. The molecule has 4 aliphatic rings. The Morgan fingerprint density at radius 2 is 0.740 bits per heavy atom. The maximum atomic E-state index is 13.8. The van der Waals surface area contributed by atoms with Gasteiger partial charge in [-0.2, -0.15) is 0 Å². The summed E-state index contributed by atoms with van der Waals surface area (Å²) in [5.74, 6) is -0.265. The van der Waals surface area contributed by atoms with Crippen molar-refractivity contribution in [3.63, 3.8) is 0 Å². The van der Waals surface area contributed by atoms with E-state index in [0.717, 1.165) is 61.6 Å². The lowest BCUT2D eigenvalue weighted by Crippen LogP contribution is -2.30. The maximum absolute atomic E-state index is 13.8. The van der Waals surface area contributed by atoms with Crippen LogP contribution in [-0.2, 0) is 28.8 Å². The Labute approximate surface area is 456 Å². The first kappa shape index (κ1) is 55.3. The van der Waals surface area contributed by atoms with E-state index in [1.54, 1.807) is 66.7 Å². The fourth-order valence-corrected chi connectivity index (χ4v) is 12.6. The van der Waals surface area contributed by atoms with Crippen molar-refractivity contribution in [2.75, 3.05) is 0 Å². The molecule has 4 fully saturated rings. The van der Waals surface area contributed by atoms with Crippen LogP contribution in [0.15, 0.2) is 91.0 Å². The molecule has 4 aromatic carbocycles. The van der Waals surface area contributed by atoms with Crippen molar-refractivity contribution in [3.05, 3.63) is 91.0 Å². The van der Waals surface area contributed by atoms with Crippen LogP contribution in [0.2, 0.25) is 0 Å². The van der Waals surface area contributed by atoms with Crippen LogP contribution in [0.25, 0.3) is 20.8 Å². The van der Waals surface area contributed by atoms with Crippen LogP contribution in [-0.4, -0.2) is 40.8 Å². The van der Waals surface area contributed by atoms with Crippen LogP contribution >= 0.6 is 11.3 Å². The Balaban J connectivity index is 0.732. The number of carbonyl (C=O) groups excluding carboxylic acids is 6. The summed E-state index contributed by atoms with van der Waals surface area (Å²) in [6, 6.07) is 25.7. The van der Waals surface area contributed by atoms with E-state index in [2.05, 4.69) is 13.8 Å². The zero-order valence-corrected chi connectivity index (χ0v) is 45.4. The summed E-state index contributed by atoms with van der Waals surface area (Å²) in [6.45, 7) is 4.41. The number of thiazole rings is 1. The number of benzene rings is 4. The SMILES string of the molecule is CCCCC1CCC(C(=O)Oc2ccc(OC(=O)C3CCC(C(=O)Oc4ccc(OC(=O)C5CCC(C(=O)Oc6ccc(OC(=O)C7CCC(CCCC)CC7)cc6)CC5)c(-c5nc6ccccc6s5)c4)CC3)cc2)CC1. The second kappa shape index (κ2) is 26.8. The van der Waals surface area contributed by atoms with Gasteiger partial charge in [-0.05, 0) is 193 Å². The number of rotatable bonds is 19. The largest absolute Gasteiger partial charge is 0.426 e. The van der Waals surface area contributed by atoms with E-state index in [1.807, 2.05) is 24.3 Å². The molecule has 0 saturated heterocycles. The first-order chi connectivity index (χ1) is 37.5. The number of aromatic nitrogens is 1. The minimum Gasteiger partial charge on any atom is -0.426 e. The van der Waals surface area contributed by atoms with Crippen LogP contribution in [0, 0.1) is 47.3 Å². The topological polar surface area (TPSA) is 171 Å². The van der Waals surface area contributed by atoms with Crippen molar-refractivity contribution in [1.82, 2.24) is 4.98 Å². The summed E-state index contributed by atoms with van der Waals surface area (Å²) in [6.07, 6.45) is 18.6. The van der Waals surface area contributed by atoms with Crippen molar-refractivity contribution < 1.29 is 57.2 Å². The normalized spacial score (nSPS) is 23.5. The quantitative estimate of drug-likeness (QED) is 0.0566. The van der Waals surface area contributed by atoms with E-state index in [9.17, 15) is 28.8 Å². The van der Waals surface area contributed by atoms with E-state index >= 15 is 0 Å². The first-order valence-electron chi connectivity index (χ1n) is 28.5. The number of ether oxygens (including phenoxy) is 6. The fourth-order valence-electron chi connectivity index (χ4n) is 11.6. The number of hydrogen-bond acceptors (Lipinski definition) is 14. The van der Waals surface area contributed by atoms with Crippen LogP contribution < -0.4 is 28.4 Å². The van der Waals surface area contributed by atoms with Gasteiger partial charge in [-0.25, -0.2) is 4.98 Å². The number of carbonyl (C=O) groups is 6. The highest BCUT2D eigenvalue weighted by Crippen LogP contribution is 2.41. The molecule has 0 bridgehead atoms. The van der Waals surface area contributed by atoms with Crippen molar-refractivity contribution in [3.8, 4) is 45.1 Å². The first-order valence-corrected chi connectivity index (χ1v) is 29.3. The molecular weight excluding hydrogens is 995 g/mol. The predicted molar refractivity (Wildman–Crippen MR) is 293 cm³/mol. The second-order valence-electron chi connectivity index (χ2n) is 21.9. The zero-order chi connectivity index (χ0) is 53.7. The predicted octanol–water partition coefficient (Wildman–Crippen LogP) is 14.4. The molecule has 5 aromatic rings. The molecule has 9 rings (SSSR count). The minimum atomic E-state index is -0.445. The van der Waals surface area contributed by atoms with Crippen molar-refractivity contribution >= 4 is 57.4 Å². The van der Waals surface area contributed by atoms with Gasteiger partial charge >= 0.3 is 35.8 Å². The molecule has 1 heterocycles. The molecule has 4 saturated carbocycles. The molecule has 14 heteroatoms. The molecular formula is C63H73NO12S. The number of esters is 6. The van der Waals surface area contributed by atoms with Crippen molar-refractivity contribution in [2.45, 2.75) is 155 Å². The van der Waals surface area contributed by atoms with Gasteiger partial charge in [0.05, 0.1) is 51.3 Å². The molecule has 13 nitrogen and oxygen atoms in total. The van der Waals surface area contributed by atoms with Gasteiger partial charge in [0, 0.05) is 0 Å². The highest BCUT2D eigenvalue weighted by atomic mass is 32.1. The highest BCUT2D eigenvalue weighted by Gasteiger charge is 2.35. The molecule has 4 aliphatic carbocycles. The Bertz CT molecular complexity index is 2780. The van der Waals surface area contributed by atoms with E-state index in [-0.39, 0.29) is 53.1 Å². The lowest BCUT2D eigenvalue weighted by molar-refractivity contribution is -0.145. The van der Waals surface area contributed by atoms with E-state index in [0.29, 0.717) is 96.8 Å². The van der Waals surface area contributed by atoms with Crippen molar-refractivity contribution in [2.24, 2.45) is 47.3 Å². The third kappa shape index (κ3) is 15.0. The van der Waals surface area contributed by atoms with Crippen LogP contribution in [0.3, 0.4) is 0 Å². The van der Waals surface area contributed by atoms with Crippen LogP contribution in [0.1, 0.15) is 155 Å². The van der Waals surface area contributed by atoms with Gasteiger partial charge in [-0.3, -0.25) is 28.8 Å². The summed E-state index contributed by atoms with van der Waals surface area (Å²) in [5, 5.41) is 0.592. The van der Waals surface area contributed by atoms with Gasteiger partial charge in [0.15, 0.2) is 0 Å². The number of unbranched alkanes of at least 4 members (excludes halogenated alkanes) is 2. The molecule has 1 aromatic heterocycles. The molecule has 0 aliphatic heterocycles. The Morgan fingerprint density at radius 1 is 0.416 bits per heavy atom. The molecule has 0 N–H and O–H groups in total. The molecule has 0 spiro atoms. The summed E-state index contributed by atoms with van der Waals surface area (Å²) in [4.78, 5) is 84.5. The average Bonchev–Trinajstić information content (AvgIpc) is 3.90. The molecule has 0 unspecified atom stereocenters. The highest BCUT2D eigenvalue weighted by molar-refractivity contribution is 7.21. The third-order valence-electron chi connectivity index (χ3n) is 16.5. The van der Waals surface area contributed by atoms with Gasteiger partial charge in [-0.1, -0.05) is 64.5 Å². The Kier molecular flexibility index (Phi) is 19.2. The van der Waals surface area contributed by atoms with Gasteiger partial charge in [-0.15, -0.1) is 11.3 Å². The minimum absolute atomic E-state index is 0.0859.